The second kappa shape index (κ2) is 5.78. The summed E-state index contributed by atoms with van der Waals surface area (Å²) >= 11 is 6.03. The van der Waals surface area contributed by atoms with Crippen LogP contribution >= 0.6 is 11.6 Å². The number of hydrogen-bond acceptors (Lipinski definition) is 2. The molecule has 1 fully saturated rings. The van der Waals surface area contributed by atoms with E-state index in [2.05, 4.69) is 19.3 Å². The Kier molecular flexibility index (Phi) is 4.49. The Labute approximate surface area is 119 Å². The number of benzene rings is 1. The van der Waals surface area contributed by atoms with E-state index in [0.717, 1.165) is 12.0 Å². The summed E-state index contributed by atoms with van der Waals surface area (Å²) in [5.41, 5.74) is 4.01. The molecular formula is C15H22ClFN2. The molecule has 0 bridgehead atoms. The maximum absolute atomic E-state index is 13.5. The minimum Gasteiger partial charge on any atom is -0.271 e. The summed E-state index contributed by atoms with van der Waals surface area (Å²) in [5, 5.41) is 0.221. The van der Waals surface area contributed by atoms with Crippen molar-refractivity contribution in [3.63, 3.8) is 0 Å². The molecule has 0 amide bonds. The smallest absolute Gasteiger partial charge is 0.142 e. The van der Waals surface area contributed by atoms with Gasteiger partial charge < -0.3 is 0 Å². The number of halogens is 2. The lowest BCUT2D eigenvalue weighted by Crippen LogP contribution is -2.45. The van der Waals surface area contributed by atoms with Gasteiger partial charge in [-0.25, -0.2) is 4.39 Å². The van der Waals surface area contributed by atoms with Crippen molar-refractivity contribution < 1.29 is 4.39 Å². The lowest BCUT2D eigenvalue weighted by atomic mass is 9.76. The van der Waals surface area contributed by atoms with Crippen LogP contribution in [0.4, 0.5) is 4.39 Å². The van der Waals surface area contributed by atoms with Crippen LogP contribution in [0.2, 0.25) is 5.02 Å². The van der Waals surface area contributed by atoms with E-state index in [0.29, 0.717) is 12.3 Å². The summed E-state index contributed by atoms with van der Waals surface area (Å²) in [4.78, 5) is 0. The SMILES string of the molecule is CC1(C)CCCC1C(Cc1cccc(F)c1Cl)NN. The fourth-order valence-corrected chi connectivity index (χ4v) is 3.56. The quantitative estimate of drug-likeness (QED) is 0.654. The predicted octanol–water partition coefficient (Wildman–Crippen LogP) is 3.68. The number of hydrogen-bond donors (Lipinski definition) is 2. The lowest BCUT2D eigenvalue weighted by molar-refractivity contribution is 0.196. The summed E-state index contributed by atoms with van der Waals surface area (Å²) in [5.74, 6) is 5.86. The second-order valence-corrected chi connectivity index (χ2v) is 6.56. The number of nitrogens with one attached hydrogen (secondary N) is 1. The average Bonchev–Trinajstić information content (AvgIpc) is 2.71. The standard InChI is InChI=1S/C15H22ClFN2/c1-15(2)8-4-6-11(15)13(19-18)9-10-5-3-7-12(17)14(10)16/h3,5,7,11,13,19H,4,6,8-9,18H2,1-2H3. The van der Waals surface area contributed by atoms with E-state index in [1.54, 1.807) is 6.07 Å². The molecule has 2 rings (SSSR count). The number of nitrogens with two attached hydrogens (primary N) is 1. The Hall–Kier alpha value is -0.640. The normalized spacial score (nSPS) is 23.5. The van der Waals surface area contributed by atoms with Crippen LogP contribution in [-0.4, -0.2) is 6.04 Å². The van der Waals surface area contributed by atoms with Crippen molar-refractivity contribution in [2.24, 2.45) is 17.2 Å². The van der Waals surface area contributed by atoms with E-state index < -0.39 is 0 Å². The van der Waals surface area contributed by atoms with Gasteiger partial charge in [-0.1, -0.05) is 44.0 Å². The Morgan fingerprint density at radius 3 is 2.84 bits per heavy atom. The van der Waals surface area contributed by atoms with Crippen LogP contribution in [0.25, 0.3) is 0 Å². The first-order valence-electron chi connectivity index (χ1n) is 6.84. The van der Waals surface area contributed by atoms with Crippen LogP contribution in [0.1, 0.15) is 38.7 Å². The first-order chi connectivity index (χ1) is 8.95. The van der Waals surface area contributed by atoms with Crippen LogP contribution in [-0.2, 0) is 6.42 Å². The predicted molar refractivity (Wildman–Crippen MR) is 77.3 cm³/mol. The van der Waals surface area contributed by atoms with Crippen LogP contribution < -0.4 is 11.3 Å². The zero-order chi connectivity index (χ0) is 14.0. The first-order valence-corrected chi connectivity index (χ1v) is 7.22. The molecule has 1 aromatic carbocycles. The van der Waals surface area contributed by atoms with Crippen molar-refractivity contribution in [3.8, 4) is 0 Å². The fraction of sp³-hybridized carbons (Fsp3) is 0.600. The largest absolute Gasteiger partial charge is 0.271 e. The van der Waals surface area contributed by atoms with Gasteiger partial charge in [0.25, 0.3) is 0 Å². The molecule has 0 radical (unpaired) electrons. The molecule has 2 nitrogen and oxygen atoms in total. The minimum absolute atomic E-state index is 0.136. The minimum atomic E-state index is -0.361. The third kappa shape index (κ3) is 3.10. The Morgan fingerprint density at radius 1 is 1.53 bits per heavy atom. The Balaban J connectivity index is 2.17. The van der Waals surface area contributed by atoms with Crippen molar-refractivity contribution in [1.29, 1.82) is 0 Å². The van der Waals surface area contributed by atoms with E-state index >= 15 is 0 Å². The highest BCUT2D eigenvalue weighted by Crippen LogP contribution is 2.45. The first kappa shape index (κ1) is 14.8. The highest BCUT2D eigenvalue weighted by Gasteiger charge is 2.39. The van der Waals surface area contributed by atoms with Crippen molar-refractivity contribution in [2.45, 2.75) is 45.6 Å². The topological polar surface area (TPSA) is 38.0 Å². The summed E-state index contributed by atoms with van der Waals surface area (Å²) in [6, 6.07) is 5.09. The van der Waals surface area contributed by atoms with Crippen molar-refractivity contribution >= 4 is 11.6 Å². The Bertz CT molecular complexity index is 448. The summed E-state index contributed by atoms with van der Waals surface area (Å²) in [7, 11) is 0. The average molecular weight is 285 g/mol. The third-order valence-electron chi connectivity index (χ3n) is 4.51. The molecule has 1 aliphatic rings. The molecule has 2 atom stereocenters. The number of hydrazine groups is 1. The van der Waals surface area contributed by atoms with Crippen LogP contribution in [0.3, 0.4) is 0 Å². The van der Waals surface area contributed by atoms with E-state index in [-0.39, 0.29) is 22.3 Å². The molecule has 0 aliphatic heterocycles. The van der Waals surface area contributed by atoms with Gasteiger partial charge in [-0.05, 0) is 42.2 Å². The summed E-state index contributed by atoms with van der Waals surface area (Å²) < 4.78 is 13.5. The van der Waals surface area contributed by atoms with Gasteiger partial charge in [-0.2, -0.15) is 0 Å². The van der Waals surface area contributed by atoms with Crippen LogP contribution in [0, 0.1) is 17.2 Å². The van der Waals surface area contributed by atoms with Gasteiger partial charge in [0.1, 0.15) is 5.82 Å². The zero-order valence-electron chi connectivity index (χ0n) is 11.5. The van der Waals surface area contributed by atoms with Gasteiger partial charge in [-0.3, -0.25) is 11.3 Å². The fourth-order valence-electron chi connectivity index (χ4n) is 3.36. The molecular weight excluding hydrogens is 263 g/mol. The lowest BCUT2D eigenvalue weighted by Gasteiger charge is -2.34. The molecule has 1 saturated carbocycles. The van der Waals surface area contributed by atoms with E-state index in [4.69, 9.17) is 17.4 Å². The number of rotatable bonds is 4. The van der Waals surface area contributed by atoms with Gasteiger partial charge in [0.05, 0.1) is 5.02 Å². The summed E-state index contributed by atoms with van der Waals surface area (Å²) in [6.07, 6.45) is 4.27. The van der Waals surface area contributed by atoms with E-state index in [1.807, 2.05) is 6.07 Å². The molecule has 0 saturated heterocycles. The van der Waals surface area contributed by atoms with Gasteiger partial charge >= 0.3 is 0 Å². The molecule has 106 valence electrons. The van der Waals surface area contributed by atoms with Crippen LogP contribution in [0.5, 0.6) is 0 Å². The highest BCUT2D eigenvalue weighted by atomic mass is 35.5. The Morgan fingerprint density at radius 2 is 2.26 bits per heavy atom. The molecule has 19 heavy (non-hydrogen) atoms. The molecule has 3 N–H and O–H groups in total. The molecule has 4 heteroatoms. The third-order valence-corrected chi connectivity index (χ3v) is 4.93. The molecule has 2 unspecified atom stereocenters. The molecule has 1 aliphatic carbocycles. The molecule has 0 heterocycles. The monoisotopic (exact) mass is 284 g/mol. The van der Waals surface area contributed by atoms with Gasteiger partial charge in [0, 0.05) is 6.04 Å². The van der Waals surface area contributed by atoms with E-state index in [1.165, 1.54) is 18.9 Å². The van der Waals surface area contributed by atoms with E-state index in [9.17, 15) is 4.39 Å². The molecule has 0 aromatic heterocycles. The maximum Gasteiger partial charge on any atom is 0.142 e. The van der Waals surface area contributed by atoms with Gasteiger partial charge in [-0.15, -0.1) is 0 Å². The molecule has 1 aromatic rings. The van der Waals surface area contributed by atoms with Crippen LogP contribution in [0.15, 0.2) is 18.2 Å². The van der Waals surface area contributed by atoms with Crippen molar-refractivity contribution in [1.82, 2.24) is 5.43 Å². The zero-order valence-corrected chi connectivity index (χ0v) is 12.3. The maximum atomic E-state index is 13.5. The van der Waals surface area contributed by atoms with Crippen molar-refractivity contribution in [2.75, 3.05) is 0 Å². The second-order valence-electron chi connectivity index (χ2n) is 6.18. The van der Waals surface area contributed by atoms with Gasteiger partial charge in [0.15, 0.2) is 0 Å². The van der Waals surface area contributed by atoms with Gasteiger partial charge in [0.2, 0.25) is 0 Å². The van der Waals surface area contributed by atoms with Crippen molar-refractivity contribution in [3.05, 3.63) is 34.6 Å². The summed E-state index contributed by atoms with van der Waals surface area (Å²) in [6.45, 7) is 4.56. The molecule has 0 spiro atoms. The highest BCUT2D eigenvalue weighted by molar-refractivity contribution is 6.31.